The number of hydrogen-bond acceptors (Lipinski definition) is 3. The second kappa shape index (κ2) is 3.07. The lowest BCUT2D eigenvalue weighted by Gasteiger charge is -2.20. The molecule has 0 N–H and O–H groups in total. The standard InChI is InChI=1S/C10H18N2O/c1-7(13)4-12-5-8-9(6-12)10(8)11(2)3/h8-10H,4-6H2,1-3H3. The average molecular weight is 182 g/mol. The Kier molecular flexibility index (Phi) is 2.16. The zero-order chi connectivity index (χ0) is 9.59. The average Bonchev–Trinajstić information content (AvgIpc) is 2.49. The molecule has 1 saturated carbocycles. The first-order chi connectivity index (χ1) is 6.09. The Morgan fingerprint density at radius 3 is 2.31 bits per heavy atom. The van der Waals surface area contributed by atoms with Crippen molar-refractivity contribution in [3.63, 3.8) is 0 Å². The lowest BCUT2D eigenvalue weighted by Crippen LogP contribution is -2.33. The molecule has 1 saturated heterocycles. The minimum Gasteiger partial charge on any atom is -0.306 e. The molecule has 2 unspecified atom stereocenters. The molecule has 2 fully saturated rings. The summed E-state index contributed by atoms with van der Waals surface area (Å²) in [4.78, 5) is 15.5. The number of hydrogen-bond donors (Lipinski definition) is 0. The molecule has 0 radical (unpaired) electrons. The number of carbonyl (C=O) groups excluding carboxylic acids is 1. The quantitative estimate of drug-likeness (QED) is 0.617. The molecular weight excluding hydrogens is 164 g/mol. The van der Waals surface area contributed by atoms with Gasteiger partial charge in [0.05, 0.1) is 6.54 Å². The summed E-state index contributed by atoms with van der Waals surface area (Å²) in [5.74, 6) is 1.98. The van der Waals surface area contributed by atoms with Crippen LogP contribution < -0.4 is 0 Å². The van der Waals surface area contributed by atoms with Gasteiger partial charge in [0.1, 0.15) is 5.78 Å². The fourth-order valence-corrected chi connectivity index (χ4v) is 2.79. The van der Waals surface area contributed by atoms with Gasteiger partial charge in [0.2, 0.25) is 0 Å². The lowest BCUT2D eigenvalue weighted by molar-refractivity contribution is -0.118. The number of fused-ring (bicyclic) bond motifs is 1. The van der Waals surface area contributed by atoms with Crippen molar-refractivity contribution in [3.8, 4) is 0 Å². The molecule has 0 aromatic carbocycles. The number of ketones is 1. The first kappa shape index (κ1) is 9.16. The zero-order valence-corrected chi connectivity index (χ0v) is 8.66. The number of Topliss-reactive ketones (excluding diaryl/α,β-unsaturated/α-hetero) is 1. The molecule has 0 amide bonds. The number of nitrogens with zero attached hydrogens (tertiary/aromatic N) is 2. The molecule has 2 atom stereocenters. The van der Waals surface area contributed by atoms with Gasteiger partial charge in [-0.1, -0.05) is 0 Å². The summed E-state index contributed by atoms with van der Waals surface area (Å²) in [7, 11) is 4.30. The normalized spacial score (nSPS) is 38.0. The van der Waals surface area contributed by atoms with E-state index in [0.717, 1.165) is 31.0 Å². The van der Waals surface area contributed by atoms with Gasteiger partial charge in [-0.2, -0.15) is 0 Å². The molecular formula is C10H18N2O. The largest absolute Gasteiger partial charge is 0.306 e. The van der Waals surface area contributed by atoms with Gasteiger partial charge in [0, 0.05) is 19.1 Å². The zero-order valence-electron chi connectivity index (χ0n) is 8.66. The van der Waals surface area contributed by atoms with E-state index in [1.54, 1.807) is 6.92 Å². The van der Waals surface area contributed by atoms with E-state index in [1.165, 1.54) is 0 Å². The van der Waals surface area contributed by atoms with Crippen LogP contribution in [0.2, 0.25) is 0 Å². The molecule has 3 nitrogen and oxygen atoms in total. The Balaban J connectivity index is 1.80. The predicted molar refractivity (Wildman–Crippen MR) is 51.6 cm³/mol. The summed E-state index contributed by atoms with van der Waals surface area (Å²) >= 11 is 0. The molecule has 0 aromatic heterocycles. The van der Waals surface area contributed by atoms with Gasteiger partial charge in [-0.25, -0.2) is 0 Å². The Labute approximate surface area is 79.7 Å². The number of likely N-dealkylation sites (tertiary alicyclic amines) is 1. The van der Waals surface area contributed by atoms with Crippen LogP contribution in [0.5, 0.6) is 0 Å². The molecule has 1 aliphatic heterocycles. The summed E-state index contributed by atoms with van der Waals surface area (Å²) in [5.41, 5.74) is 0. The summed E-state index contributed by atoms with van der Waals surface area (Å²) in [5, 5.41) is 0. The second-order valence-electron chi connectivity index (χ2n) is 4.68. The van der Waals surface area contributed by atoms with Crippen molar-refractivity contribution in [1.82, 2.24) is 9.80 Å². The fraction of sp³-hybridized carbons (Fsp3) is 0.900. The first-order valence-electron chi connectivity index (χ1n) is 4.98. The van der Waals surface area contributed by atoms with Crippen molar-refractivity contribution in [2.24, 2.45) is 11.8 Å². The Bertz CT molecular complexity index is 215. The van der Waals surface area contributed by atoms with Crippen LogP contribution in [0.15, 0.2) is 0 Å². The van der Waals surface area contributed by atoms with Crippen LogP contribution in [0.25, 0.3) is 0 Å². The van der Waals surface area contributed by atoms with Crippen LogP contribution >= 0.6 is 0 Å². The first-order valence-corrected chi connectivity index (χ1v) is 4.98. The van der Waals surface area contributed by atoms with Crippen LogP contribution in [0.4, 0.5) is 0 Å². The fourth-order valence-electron chi connectivity index (χ4n) is 2.79. The van der Waals surface area contributed by atoms with E-state index in [0.29, 0.717) is 12.3 Å². The molecule has 0 aromatic rings. The van der Waals surface area contributed by atoms with Crippen LogP contribution in [0.1, 0.15) is 6.92 Å². The van der Waals surface area contributed by atoms with E-state index in [1.807, 2.05) is 0 Å². The van der Waals surface area contributed by atoms with Crippen LogP contribution in [-0.2, 0) is 4.79 Å². The van der Waals surface area contributed by atoms with Crippen molar-refractivity contribution < 1.29 is 4.79 Å². The monoisotopic (exact) mass is 182 g/mol. The highest BCUT2D eigenvalue weighted by molar-refractivity contribution is 5.77. The Morgan fingerprint density at radius 1 is 1.38 bits per heavy atom. The number of rotatable bonds is 3. The summed E-state index contributed by atoms with van der Waals surface area (Å²) in [6, 6.07) is 0.795. The third kappa shape index (κ3) is 1.63. The van der Waals surface area contributed by atoms with Crippen molar-refractivity contribution in [1.29, 1.82) is 0 Å². The van der Waals surface area contributed by atoms with Gasteiger partial charge in [-0.3, -0.25) is 9.69 Å². The molecule has 1 heterocycles. The van der Waals surface area contributed by atoms with E-state index in [4.69, 9.17) is 0 Å². The van der Waals surface area contributed by atoms with Gasteiger partial charge < -0.3 is 4.90 Å². The van der Waals surface area contributed by atoms with Crippen LogP contribution in [-0.4, -0.2) is 55.4 Å². The maximum Gasteiger partial charge on any atom is 0.143 e. The van der Waals surface area contributed by atoms with Crippen molar-refractivity contribution in [3.05, 3.63) is 0 Å². The van der Waals surface area contributed by atoms with Crippen LogP contribution in [0, 0.1) is 11.8 Å². The number of piperidine rings is 1. The van der Waals surface area contributed by atoms with Gasteiger partial charge in [0.15, 0.2) is 0 Å². The molecule has 3 heteroatoms. The molecule has 0 spiro atoms. The summed E-state index contributed by atoms with van der Waals surface area (Å²) in [6.45, 7) is 4.60. The van der Waals surface area contributed by atoms with Gasteiger partial charge in [0.25, 0.3) is 0 Å². The SMILES string of the molecule is CC(=O)CN1CC2C(C1)C2N(C)C. The molecule has 1 aliphatic carbocycles. The third-order valence-corrected chi connectivity index (χ3v) is 3.27. The Hall–Kier alpha value is -0.410. The van der Waals surface area contributed by atoms with Crippen LogP contribution in [0.3, 0.4) is 0 Å². The number of carbonyl (C=O) groups is 1. The maximum absolute atomic E-state index is 10.9. The Morgan fingerprint density at radius 2 is 1.92 bits per heavy atom. The van der Waals surface area contributed by atoms with Crippen molar-refractivity contribution >= 4 is 5.78 Å². The van der Waals surface area contributed by atoms with Gasteiger partial charge >= 0.3 is 0 Å². The highest BCUT2D eigenvalue weighted by Crippen LogP contribution is 2.47. The van der Waals surface area contributed by atoms with E-state index < -0.39 is 0 Å². The highest BCUT2D eigenvalue weighted by atomic mass is 16.1. The smallest absolute Gasteiger partial charge is 0.143 e. The molecule has 13 heavy (non-hydrogen) atoms. The molecule has 74 valence electrons. The van der Waals surface area contributed by atoms with E-state index in [2.05, 4.69) is 23.9 Å². The minimum absolute atomic E-state index is 0.294. The predicted octanol–water partition coefficient (Wildman–Crippen LogP) is 0.0672. The van der Waals surface area contributed by atoms with E-state index in [-0.39, 0.29) is 0 Å². The molecule has 2 aliphatic rings. The van der Waals surface area contributed by atoms with Crippen molar-refractivity contribution in [2.45, 2.75) is 13.0 Å². The van der Waals surface area contributed by atoms with E-state index >= 15 is 0 Å². The maximum atomic E-state index is 10.9. The topological polar surface area (TPSA) is 23.6 Å². The lowest BCUT2D eigenvalue weighted by atomic mass is 10.3. The molecule has 2 rings (SSSR count). The molecule has 0 bridgehead atoms. The minimum atomic E-state index is 0.294. The summed E-state index contributed by atoms with van der Waals surface area (Å²) in [6.07, 6.45) is 0. The third-order valence-electron chi connectivity index (χ3n) is 3.27. The van der Waals surface area contributed by atoms with Gasteiger partial charge in [-0.15, -0.1) is 0 Å². The van der Waals surface area contributed by atoms with Gasteiger partial charge in [-0.05, 0) is 32.9 Å². The second-order valence-corrected chi connectivity index (χ2v) is 4.68. The highest BCUT2D eigenvalue weighted by Gasteiger charge is 2.56. The van der Waals surface area contributed by atoms with E-state index in [9.17, 15) is 4.79 Å². The van der Waals surface area contributed by atoms with Crippen molar-refractivity contribution in [2.75, 3.05) is 33.7 Å². The summed E-state index contributed by atoms with van der Waals surface area (Å²) < 4.78 is 0.